The third kappa shape index (κ3) is 1.69. The lowest BCUT2D eigenvalue weighted by Gasteiger charge is -2.34. The predicted octanol–water partition coefficient (Wildman–Crippen LogP) is -2.97. The van der Waals surface area contributed by atoms with Crippen molar-refractivity contribution in [1.82, 2.24) is 5.32 Å². The van der Waals surface area contributed by atoms with Crippen molar-refractivity contribution in [3.05, 3.63) is 0 Å². The Bertz CT molecular complexity index is 130. The molecule has 0 aliphatic carbocycles. The van der Waals surface area contributed by atoms with Crippen molar-refractivity contribution in [2.45, 2.75) is 24.4 Å². The van der Waals surface area contributed by atoms with Gasteiger partial charge in [-0.1, -0.05) is 0 Å². The number of nitrogens with one attached hydrogen (secondary N) is 1. The van der Waals surface area contributed by atoms with Crippen molar-refractivity contribution in [3.8, 4) is 0 Å². The van der Waals surface area contributed by atoms with Crippen LogP contribution in [0.4, 0.5) is 0 Å². The standard InChI is InChI=1S/C6H13NO4/c8-2-3-5(10)6(11)4(9)1-7-3/h3-11H,1-2H2/t3?,4?,5-,6?/m1/s1. The molecule has 1 saturated heterocycles. The number of rotatable bonds is 1. The van der Waals surface area contributed by atoms with Gasteiger partial charge >= 0.3 is 0 Å². The van der Waals surface area contributed by atoms with Crippen LogP contribution in [0.15, 0.2) is 0 Å². The van der Waals surface area contributed by atoms with Gasteiger partial charge in [0.15, 0.2) is 0 Å². The van der Waals surface area contributed by atoms with Gasteiger partial charge in [-0.05, 0) is 0 Å². The monoisotopic (exact) mass is 163 g/mol. The maximum Gasteiger partial charge on any atom is 0.109 e. The Labute approximate surface area is 64.3 Å². The Morgan fingerprint density at radius 1 is 1.18 bits per heavy atom. The first kappa shape index (κ1) is 8.89. The number of hydrogen-bond acceptors (Lipinski definition) is 5. The number of aliphatic hydroxyl groups is 4. The van der Waals surface area contributed by atoms with Crippen molar-refractivity contribution in [2.75, 3.05) is 13.2 Å². The minimum absolute atomic E-state index is 0.198. The van der Waals surface area contributed by atoms with Crippen LogP contribution >= 0.6 is 0 Å². The van der Waals surface area contributed by atoms with E-state index in [4.69, 9.17) is 15.3 Å². The van der Waals surface area contributed by atoms with Crippen LogP contribution in [0, 0.1) is 0 Å². The van der Waals surface area contributed by atoms with E-state index in [-0.39, 0.29) is 13.2 Å². The number of aliphatic hydroxyl groups excluding tert-OH is 4. The summed E-state index contributed by atoms with van der Waals surface area (Å²) in [5.41, 5.74) is 0. The van der Waals surface area contributed by atoms with Crippen molar-refractivity contribution >= 4 is 0 Å². The first-order chi connectivity index (χ1) is 5.16. The molecule has 0 aromatic heterocycles. The summed E-state index contributed by atoms with van der Waals surface area (Å²) >= 11 is 0. The summed E-state index contributed by atoms with van der Waals surface area (Å²) in [4.78, 5) is 0. The molecule has 4 atom stereocenters. The molecule has 5 N–H and O–H groups in total. The Morgan fingerprint density at radius 3 is 2.36 bits per heavy atom. The quantitative estimate of drug-likeness (QED) is 0.285. The SMILES string of the molecule is OCC1NCC(O)C(O)[C@@H]1O. The van der Waals surface area contributed by atoms with Crippen LogP contribution < -0.4 is 5.32 Å². The molecule has 0 bridgehead atoms. The van der Waals surface area contributed by atoms with Gasteiger partial charge in [0.25, 0.3) is 0 Å². The minimum Gasteiger partial charge on any atom is -0.395 e. The molecule has 0 spiro atoms. The molecule has 5 heteroatoms. The van der Waals surface area contributed by atoms with E-state index in [9.17, 15) is 5.11 Å². The molecule has 0 saturated carbocycles. The van der Waals surface area contributed by atoms with E-state index in [2.05, 4.69) is 5.32 Å². The lowest BCUT2D eigenvalue weighted by atomic mass is 9.97. The summed E-state index contributed by atoms with van der Waals surface area (Å²) in [6.45, 7) is -0.0472. The summed E-state index contributed by atoms with van der Waals surface area (Å²) in [6, 6.07) is -0.534. The summed E-state index contributed by atoms with van der Waals surface area (Å²) < 4.78 is 0. The molecule has 0 radical (unpaired) electrons. The van der Waals surface area contributed by atoms with E-state index < -0.39 is 24.4 Å². The molecule has 0 aromatic rings. The van der Waals surface area contributed by atoms with Gasteiger partial charge in [0.05, 0.1) is 24.9 Å². The third-order valence-corrected chi connectivity index (χ3v) is 1.94. The molecular formula is C6H13NO4. The van der Waals surface area contributed by atoms with Crippen LogP contribution in [0.3, 0.4) is 0 Å². The number of piperidine rings is 1. The Hall–Kier alpha value is -0.200. The maximum absolute atomic E-state index is 9.18. The van der Waals surface area contributed by atoms with Crippen LogP contribution in [0.25, 0.3) is 0 Å². The van der Waals surface area contributed by atoms with Crippen LogP contribution in [-0.4, -0.2) is 57.9 Å². The average molecular weight is 163 g/mol. The molecule has 0 aromatic carbocycles. The molecule has 1 fully saturated rings. The highest BCUT2D eigenvalue weighted by atomic mass is 16.4. The summed E-state index contributed by atoms with van der Waals surface area (Å²) in [7, 11) is 0. The smallest absolute Gasteiger partial charge is 0.109 e. The van der Waals surface area contributed by atoms with E-state index >= 15 is 0 Å². The zero-order valence-electron chi connectivity index (χ0n) is 6.01. The van der Waals surface area contributed by atoms with Gasteiger partial charge in [0, 0.05) is 6.54 Å². The number of hydrogen-bond donors (Lipinski definition) is 5. The second kappa shape index (κ2) is 3.46. The second-order valence-electron chi connectivity index (χ2n) is 2.75. The zero-order valence-corrected chi connectivity index (χ0v) is 6.01. The lowest BCUT2D eigenvalue weighted by molar-refractivity contribution is -0.101. The van der Waals surface area contributed by atoms with Crippen LogP contribution in [0.5, 0.6) is 0 Å². The van der Waals surface area contributed by atoms with Crippen LogP contribution in [-0.2, 0) is 0 Å². The highest BCUT2D eigenvalue weighted by Gasteiger charge is 2.35. The molecule has 1 aliphatic rings. The first-order valence-corrected chi connectivity index (χ1v) is 3.55. The lowest BCUT2D eigenvalue weighted by Crippen LogP contribution is -2.60. The summed E-state index contributed by atoms with van der Waals surface area (Å²) in [5, 5.41) is 38.6. The van der Waals surface area contributed by atoms with E-state index in [0.717, 1.165) is 0 Å². The van der Waals surface area contributed by atoms with Gasteiger partial charge in [-0.25, -0.2) is 0 Å². The fourth-order valence-electron chi connectivity index (χ4n) is 1.15. The van der Waals surface area contributed by atoms with E-state index in [1.165, 1.54) is 0 Å². The van der Waals surface area contributed by atoms with Gasteiger partial charge in [-0.3, -0.25) is 0 Å². The topological polar surface area (TPSA) is 93.0 Å². The zero-order chi connectivity index (χ0) is 8.43. The molecule has 1 heterocycles. The highest BCUT2D eigenvalue weighted by Crippen LogP contribution is 2.09. The molecule has 3 unspecified atom stereocenters. The normalized spacial score (nSPS) is 45.8. The van der Waals surface area contributed by atoms with Crippen molar-refractivity contribution in [1.29, 1.82) is 0 Å². The Balaban J connectivity index is 2.52. The molecule has 5 nitrogen and oxygen atoms in total. The van der Waals surface area contributed by atoms with Crippen molar-refractivity contribution in [3.63, 3.8) is 0 Å². The number of β-amino-alcohol motifs (C(OH)–C–C–N with tert-alkyl or cyclic N) is 1. The van der Waals surface area contributed by atoms with Crippen molar-refractivity contribution < 1.29 is 20.4 Å². The van der Waals surface area contributed by atoms with Gasteiger partial charge in [-0.2, -0.15) is 0 Å². The first-order valence-electron chi connectivity index (χ1n) is 3.55. The average Bonchev–Trinajstić information content (AvgIpc) is 2.01. The van der Waals surface area contributed by atoms with Crippen molar-refractivity contribution in [2.24, 2.45) is 0 Å². The highest BCUT2D eigenvalue weighted by molar-refractivity contribution is 4.91. The second-order valence-corrected chi connectivity index (χ2v) is 2.75. The van der Waals surface area contributed by atoms with E-state index in [1.807, 2.05) is 0 Å². The fraction of sp³-hybridized carbons (Fsp3) is 1.00. The molecule has 1 aliphatic heterocycles. The largest absolute Gasteiger partial charge is 0.395 e. The fourth-order valence-corrected chi connectivity index (χ4v) is 1.15. The Morgan fingerprint density at radius 2 is 1.82 bits per heavy atom. The van der Waals surface area contributed by atoms with Gasteiger partial charge in [-0.15, -0.1) is 0 Å². The van der Waals surface area contributed by atoms with Gasteiger partial charge in [0.2, 0.25) is 0 Å². The molecular weight excluding hydrogens is 150 g/mol. The molecule has 11 heavy (non-hydrogen) atoms. The van der Waals surface area contributed by atoms with Gasteiger partial charge < -0.3 is 25.7 Å². The van der Waals surface area contributed by atoms with Crippen LogP contribution in [0.1, 0.15) is 0 Å². The van der Waals surface area contributed by atoms with E-state index in [0.29, 0.717) is 0 Å². The van der Waals surface area contributed by atoms with Crippen LogP contribution in [0.2, 0.25) is 0 Å². The molecule has 0 amide bonds. The van der Waals surface area contributed by atoms with Gasteiger partial charge in [0.1, 0.15) is 6.10 Å². The Kier molecular flexibility index (Phi) is 2.80. The predicted molar refractivity (Wildman–Crippen MR) is 36.9 cm³/mol. The summed E-state index contributed by atoms with van der Waals surface area (Å²) in [6.07, 6.45) is -3.20. The molecule has 1 rings (SSSR count). The van der Waals surface area contributed by atoms with E-state index in [1.54, 1.807) is 0 Å². The minimum atomic E-state index is -1.16. The summed E-state index contributed by atoms with van der Waals surface area (Å²) in [5.74, 6) is 0. The maximum atomic E-state index is 9.18. The third-order valence-electron chi connectivity index (χ3n) is 1.94. The molecule has 66 valence electrons.